The van der Waals surface area contributed by atoms with Crippen LogP contribution in [0, 0.1) is 0 Å². The van der Waals surface area contributed by atoms with E-state index in [-0.39, 0.29) is 0 Å². The number of hydrogen-bond acceptors (Lipinski definition) is 2. The molecule has 2 aromatic carbocycles. The van der Waals surface area contributed by atoms with Crippen molar-refractivity contribution < 1.29 is 4.74 Å². The molecule has 0 radical (unpaired) electrons. The molecule has 0 saturated heterocycles. The summed E-state index contributed by atoms with van der Waals surface area (Å²) in [7, 11) is 1.67. The molecular formula is C15H13ClN2O. The topological polar surface area (TPSA) is 26.2 Å². The lowest BCUT2D eigenvalue weighted by molar-refractivity contribution is 0.415. The number of ether oxygens (including phenoxy) is 1. The fraction of sp³-hybridized carbons (Fsp3) is 0.0667. The fourth-order valence-electron chi connectivity index (χ4n) is 2.03. The second-order valence-electron chi connectivity index (χ2n) is 4.20. The highest BCUT2D eigenvalue weighted by Gasteiger charge is 2.04. The largest absolute Gasteiger partial charge is 0.497 e. The lowest BCUT2D eigenvalue weighted by Gasteiger charge is -2.11. The van der Waals surface area contributed by atoms with Crippen molar-refractivity contribution in [2.45, 2.75) is 0 Å². The number of nitrogens with zero attached hydrogens (tertiary/aromatic N) is 1. The molecule has 0 saturated carbocycles. The molecule has 96 valence electrons. The molecule has 0 unspecified atom stereocenters. The molecule has 0 aliphatic rings. The molecule has 0 spiro atoms. The van der Waals surface area contributed by atoms with Gasteiger partial charge in [0.15, 0.2) is 0 Å². The summed E-state index contributed by atoms with van der Waals surface area (Å²) in [6, 6.07) is 15.6. The standard InChI is InChI=1S/C15H13ClN2O/c1-19-12-6-7-15-11(10-12)8-9-18(15)17-14-5-3-2-4-13(14)16/h2-10,17H,1H3. The van der Waals surface area contributed by atoms with Crippen LogP contribution in [0.1, 0.15) is 0 Å². The summed E-state index contributed by atoms with van der Waals surface area (Å²) in [6.45, 7) is 0. The van der Waals surface area contributed by atoms with Gasteiger partial charge in [0.2, 0.25) is 0 Å². The monoisotopic (exact) mass is 272 g/mol. The van der Waals surface area contributed by atoms with E-state index >= 15 is 0 Å². The van der Waals surface area contributed by atoms with Crippen LogP contribution in [-0.2, 0) is 0 Å². The minimum absolute atomic E-state index is 0.692. The number of para-hydroxylation sites is 1. The molecular weight excluding hydrogens is 260 g/mol. The second-order valence-corrected chi connectivity index (χ2v) is 4.61. The Kier molecular flexibility index (Phi) is 3.05. The van der Waals surface area contributed by atoms with Gasteiger partial charge < -0.3 is 4.74 Å². The van der Waals surface area contributed by atoms with E-state index < -0.39 is 0 Å². The first kappa shape index (κ1) is 11.9. The minimum Gasteiger partial charge on any atom is -0.497 e. The summed E-state index contributed by atoms with van der Waals surface area (Å²) >= 11 is 6.14. The summed E-state index contributed by atoms with van der Waals surface area (Å²) in [5.74, 6) is 0.850. The Bertz CT molecular complexity index is 721. The van der Waals surface area contributed by atoms with Gasteiger partial charge in [0, 0.05) is 11.6 Å². The maximum Gasteiger partial charge on any atom is 0.119 e. The molecule has 3 rings (SSSR count). The Morgan fingerprint density at radius 2 is 1.95 bits per heavy atom. The van der Waals surface area contributed by atoms with Crippen LogP contribution < -0.4 is 10.2 Å². The lowest BCUT2D eigenvalue weighted by atomic mass is 10.2. The number of hydrogen-bond donors (Lipinski definition) is 1. The van der Waals surface area contributed by atoms with Crippen molar-refractivity contribution in [3.63, 3.8) is 0 Å². The average molecular weight is 273 g/mol. The zero-order valence-corrected chi connectivity index (χ0v) is 11.2. The SMILES string of the molecule is COc1ccc2c(ccn2Nc2ccccc2Cl)c1. The van der Waals surface area contributed by atoms with Gasteiger partial charge in [0.1, 0.15) is 5.75 Å². The van der Waals surface area contributed by atoms with E-state index in [0.717, 1.165) is 22.3 Å². The van der Waals surface area contributed by atoms with Gasteiger partial charge in [-0.1, -0.05) is 23.7 Å². The molecule has 3 aromatic rings. The van der Waals surface area contributed by atoms with Crippen LogP contribution in [0.2, 0.25) is 5.02 Å². The molecule has 1 aromatic heterocycles. The molecule has 0 amide bonds. The van der Waals surface area contributed by atoms with Crippen LogP contribution in [0.5, 0.6) is 5.75 Å². The van der Waals surface area contributed by atoms with Gasteiger partial charge in [-0.25, -0.2) is 0 Å². The Labute approximate surface area is 116 Å². The smallest absolute Gasteiger partial charge is 0.119 e. The highest BCUT2D eigenvalue weighted by atomic mass is 35.5. The van der Waals surface area contributed by atoms with Gasteiger partial charge in [0.25, 0.3) is 0 Å². The van der Waals surface area contributed by atoms with E-state index in [4.69, 9.17) is 16.3 Å². The van der Waals surface area contributed by atoms with E-state index in [1.54, 1.807) is 7.11 Å². The fourth-order valence-corrected chi connectivity index (χ4v) is 2.20. The summed E-state index contributed by atoms with van der Waals surface area (Å²) in [4.78, 5) is 0. The Hall–Kier alpha value is -2.13. The Morgan fingerprint density at radius 1 is 1.11 bits per heavy atom. The van der Waals surface area contributed by atoms with Crippen molar-refractivity contribution in [2.75, 3.05) is 12.5 Å². The maximum atomic E-state index is 6.14. The number of anilines is 1. The first-order valence-corrected chi connectivity index (χ1v) is 6.32. The van der Waals surface area contributed by atoms with Gasteiger partial charge in [-0.3, -0.25) is 10.1 Å². The van der Waals surface area contributed by atoms with Crippen LogP contribution in [0.25, 0.3) is 10.9 Å². The number of aromatic nitrogens is 1. The number of benzene rings is 2. The van der Waals surface area contributed by atoms with Gasteiger partial charge in [-0.2, -0.15) is 0 Å². The molecule has 4 heteroatoms. The number of fused-ring (bicyclic) bond motifs is 1. The number of nitrogens with one attached hydrogen (secondary N) is 1. The summed E-state index contributed by atoms with van der Waals surface area (Å²) in [5, 5.41) is 1.80. The van der Waals surface area contributed by atoms with E-state index in [9.17, 15) is 0 Å². The number of halogens is 1. The molecule has 0 aliphatic carbocycles. The van der Waals surface area contributed by atoms with E-state index in [1.807, 2.05) is 59.4 Å². The van der Waals surface area contributed by atoms with Gasteiger partial charge in [-0.05, 0) is 36.4 Å². The van der Waals surface area contributed by atoms with Gasteiger partial charge >= 0.3 is 0 Å². The van der Waals surface area contributed by atoms with Gasteiger partial charge in [-0.15, -0.1) is 0 Å². The van der Waals surface area contributed by atoms with Crippen LogP contribution >= 0.6 is 11.6 Å². The maximum absolute atomic E-state index is 6.14. The summed E-state index contributed by atoms with van der Waals surface area (Å²) in [6.07, 6.45) is 1.97. The molecule has 0 bridgehead atoms. The zero-order valence-electron chi connectivity index (χ0n) is 10.4. The van der Waals surface area contributed by atoms with E-state index in [2.05, 4.69) is 5.43 Å². The van der Waals surface area contributed by atoms with Crippen molar-refractivity contribution in [3.05, 3.63) is 59.8 Å². The Balaban J connectivity index is 2.00. The Morgan fingerprint density at radius 3 is 2.74 bits per heavy atom. The molecule has 1 N–H and O–H groups in total. The van der Waals surface area contributed by atoms with Crippen LogP contribution in [0.4, 0.5) is 5.69 Å². The predicted octanol–water partition coefficient (Wildman–Crippen LogP) is 4.18. The summed E-state index contributed by atoms with van der Waals surface area (Å²) in [5.41, 5.74) is 5.22. The van der Waals surface area contributed by atoms with Crippen molar-refractivity contribution in [3.8, 4) is 5.75 Å². The van der Waals surface area contributed by atoms with Crippen molar-refractivity contribution in [1.29, 1.82) is 0 Å². The first-order chi connectivity index (χ1) is 9.28. The quantitative estimate of drug-likeness (QED) is 0.774. The molecule has 0 fully saturated rings. The summed E-state index contributed by atoms with van der Waals surface area (Å²) < 4.78 is 7.16. The normalized spacial score (nSPS) is 10.6. The third-order valence-electron chi connectivity index (χ3n) is 3.01. The predicted molar refractivity (Wildman–Crippen MR) is 79.0 cm³/mol. The van der Waals surface area contributed by atoms with Gasteiger partial charge in [0.05, 0.1) is 23.3 Å². The molecule has 19 heavy (non-hydrogen) atoms. The molecule has 1 heterocycles. The van der Waals surface area contributed by atoms with Crippen molar-refractivity contribution >= 4 is 28.2 Å². The number of rotatable bonds is 3. The van der Waals surface area contributed by atoms with Crippen LogP contribution in [0.15, 0.2) is 54.7 Å². The van der Waals surface area contributed by atoms with Crippen LogP contribution in [-0.4, -0.2) is 11.8 Å². The third-order valence-corrected chi connectivity index (χ3v) is 3.34. The highest BCUT2D eigenvalue weighted by Crippen LogP contribution is 2.24. The minimum atomic E-state index is 0.692. The molecule has 0 aliphatic heterocycles. The second kappa shape index (κ2) is 4.86. The first-order valence-electron chi connectivity index (χ1n) is 5.94. The van der Waals surface area contributed by atoms with Crippen molar-refractivity contribution in [2.24, 2.45) is 0 Å². The molecule has 3 nitrogen and oxygen atoms in total. The average Bonchev–Trinajstić information content (AvgIpc) is 2.83. The van der Waals surface area contributed by atoms with Crippen molar-refractivity contribution in [1.82, 2.24) is 4.68 Å². The molecule has 0 atom stereocenters. The zero-order chi connectivity index (χ0) is 13.2. The third kappa shape index (κ3) is 2.25. The lowest BCUT2D eigenvalue weighted by Crippen LogP contribution is -2.07. The van der Waals surface area contributed by atoms with Crippen LogP contribution in [0.3, 0.4) is 0 Å². The number of methoxy groups -OCH3 is 1. The van der Waals surface area contributed by atoms with E-state index in [1.165, 1.54) is 0 Å². The highest BCUT2D eigenvalue weighted by molar-refractivity contribution is 6.33. The van der Waals surface area contributed by atoms with E-state index in [0.29, 0.717) is 5.02 Å².